The lowest BCUT2D eigenvalue weighted by atomic mass is 10.1. The lowest BCUT2D eigenvalue weighted by molar-refractivity contribution is -0.136. The van der Waals surface area contributed by atoms with Crippen LogP contribution in [0.1, 0.15) is 59.3 Å². The lowest BCUT2D eigenvalue weighted by Crippen LogP contribution is -2.58. The molecule has 2 rings (SSSR count). The average molecular weight is 367 g/mol. The van der Waals surface area contributed by atoms with Crippen molar-refractivity contribution in [2.75, 3.05) is 30.7 Å². The molecule has 0 amide bonds. The molecule has 0 fully saturated rings. The van der Waals surface area contributed by atoms with E-state index in [0.717, 1.165) is 25.1 Å². The van der Waals surface area contributed by atoms with E-state index in [1.807, 2.05) is 11.1 Å². The van der Waals surface area contributed by atoms with Gasteiger partial charge in [-0.05, 0) is 25.5 Å². The number of hydrogen-bond donors (Lipinski definition) is 1. The zero-order valence-corrected chi connectivity index (χ0v) is 16.8. The highest BCUT2D eigenvalue weighted by molar-refractivity contribution is 5.77. The molecule has 1 aromatic carbocycles. The molecule has 1 aliphatic heterocycles. The van der Waals surface area contributed by atoms with E-state index in [2.05, 4.69) is 36.9 Å². The van der Waals surface area contributed by atoms with E-state index < -0.39 is 11.8 Å². The number of para-hydroxylation sites is 2. The highest BCUT2D eigenvalue weighted by atomic mass is 16.7. The minimum absolute atomic E-state index is 0.222. The fourth-order valence-electron chi connectivity index (χ4n) is 3.32. The number of unbranched alkanes of at least 4 members (excludes halogenated alkanes) is 3. The monoisotopic (exact) mass is 366 g/mol. The fraction of sp³-hybridized carbons (Fsp3) is 0.650. The van der Waals surface area contributed by atoms with Crippen LogP contribution in [0.5, 0.6) is 0 Å². The number of carbonyl (C=O) groups is 1. The first-order chi connectivity index (χ1) is 12.5. The number of benzene rings is 1. The van der Waals surface area contributed by atoms with E-state index in [4.69, 9.17) is 14.7 Å². The third-order valence-corrected chi connectivity index (χ3v) is 4.61. The van der Waals surface area contributed by atoms with Gasteiger partial charge in [0.05, 0.1) is 18.5 Å². The molecule has 0 saturated heterocycles. The van der Waals surface area contributed by atoms with Gasteiger partial charge >= 0.3 is 5.97 Å². The summed E-state index contributed by atoms with van der Waals surface area (Å²) in [7, 11) is 3.50. The first kappa shape index (κ1) is 22.3. The fourth-order valence-corrected chi connectivity index (χ4v) is 3.32. The summed E-state index contributed by atoms with van der Waals surface area (Å²) in [4.78, 5) is 17.4. The Balaban J connectivity index is 0.000000597. The molecule has 0 saturated carbocycles. The maximum Gasteiger partial charge on any atom is 0.303 e. The van der Waals surface area contributed by atoms with Crippen molar-refractivity contribution in [1.29, 1.82) is 0 Å². The molecule has 0 radical (unpaired) electrons. The van der Waals surface area contributed by atoms with Crippen molar-refractivity contribution >= 4 is 17.3 Å². The van der Waals surface area contributed by atoms with Crippen LogP contribution in [0.3, 0.4) is 0 Å². The summed E-state index contributed by atoms with van der Waals surface area (Å²) < 4.78 is 6.00. The lowest BCUT2D eigenvalue weighted by Gasteiger charge is -2.42. The van der Waals surface area contributed by atoms with E-state index in [0.29, 0.717) is 0 Å². The standard InChI is InChI=1S/C17H28N2O2.C3H6O2/c1-5-7-8-11-14-17(20-3)18(6-2)15-12-9-10-13-16(15)19(17)21-4;1-2-3(4)5/h9-10,12-13H,5-8,11,14H2,1-4H3;2H2,1H3,(H,4,5). The highest BCUT2D eigenvalue weighted by Gasteiger charge is 2.50. The van der Waals surface area contributed by atoms with Crippen LogP contribution in [0.25, 0.3) is 0 Å². The Morgan fingerprint density at radius 2 is 1.69 bits per heavy atom. The van der Waals surface area contributed by atoms with Crippen molar-refractivity contribution in [3.05, 3.63) is 24.3 Å². The van der Waals surface area contributed by atoms with E-state index in [1.54, 1.807) is 21.1 Å². The number of aliphatic carboxylic acids is 1. The number of nitrogens with zero attached hydrogens (tertiary/aromatic N) is 2. The summed E-state index contributed by atoms with van der Waals surface area (Å²) in [6, 6.07) is 8.34. The number of carboxylic acid groups (broad SMARTS) is 1. The largest absolute Gasteiger partial charge is 0.481 e. The second kappa shape index (κ2) is 11.0. The summed E-state index contributed by atoms with van der Waals surface area (Å²) in [5.74, 6) is -1.27. The summed E-state index contributed by atoms with van der Waals surface area (Å²) in [5.41, 5.74) is 2.26. The maximum absolute atomic E-state index is 9.37. The van der Waals surface area contributed by atoms with Gasteiger partial charge in [-0.3, -0.25) is 9.63 Å². The molecule has 1 aromatic rings. The minimum atomic E-state index is -0.745. The van der Waals surface area contributed by atoms with Gasteiger partial charge in [-0.15, -0.1) is 0 Å². The van der Waals surface area contributed by atoms with Crippen LogP contribution in [-0.2, 0) is 14.4 Å². The first-order valence-electron chi connectivity index (χ1n) is 9.50. The third-order valence-electron chi connectivity index (χ3n) is 4.61. The Labute approximate surface area is 157 Å². The number of methoxy groups -OCH3 is 1. The number of carboxylic acids is 1. The average Bonchev–Trinajstić information content (AvgIpc) is 2.94. The first-order valence-corrected chi connectivity index (χ1v) is 9.50. The third kappa shape index (κ3) is 4.89. The van der Waals surface area contributed by atoms with Crippen molar-refractivity contribution in [2.45, 2.75) is 65.1 Å². The predicted octanol–water partition coefficient (Wildman–Crippen LogP) is 4.65. The number of fused-ring (bicyclic) bond motifs is 1. The van der Waals surface area contributed by atoms with Gasteiger partial charge in [0.2, 0.25) is 5.85 Å². The summed E-state index contributed by atoms with van der Waals surface area (Å²) >= 11 is 0. The SMILES string of the molecule is CCC(=O)O.CCCCCCC1(OC)N(CC)c2ccccc2N1OC. The van der Waals surface area contributed by atoms with Gasteiger partial charge in [-0.25, -0.2) is 5.06 Å². The Kier molecular flexibility index (Phi) is 9.44. The minimum Gasteiger partial charge on any atom is -0.481 e. The highest BCUT2D eigenvalue weighted by Crippen LogP contribution is 2.47. The van der Waals surface area contributed by atoms with Crippen LogP contribution in [-0.4, -0.2) is 37.7 Å². The van der Waals surface area contributed by atoms with Gasteiger partial charge in [-0.1, -0.05) is 45.2 Å². The van der Waals surface area contributed by atoms with Crippen molar-refractivity contribution in [1.82, 2.24) is 0 Å². The molecule has 1 atom stereocenters. The molecule has 0 aliphatic carbocycles. The molecule has 1 unspecified atom stereocenters. The number of hydroxylamine groups is 1. The second-order valence-corrected chi connectivity index (χ2v) is 6.22. The zero-order chi connectivity index (χ0) is 19.6. The summed E-state index contributed by atoms with van der Waals surface area (Å²) in [6.45, 7) is 6.88. The molecule has 1 heterocycles. The van der Waals surface area contributed by atoms with Crippen LogP contribution >= 0.6 is 0 Å². The van der Waals surface area contributed by atoms with Crippen LogP contribution in [0.15, 0.2) is 24.3 Å². The Morgan fingerprint density at radius 3 is 2.15 bits per heavy atom. The van der Waals surface area contributed by atoms with Crippen molar-refractivity contribution in [3.63, 3.8) is 0 Å². The van der Waals surface area contributed by atoms with Gasteiger partial charge in [-0.2, -0.15) is 0 Å². The molecule has 6 heteroatoms. The van der Waals surface area contributed by atoms with Crippen molar-refractivity contribution in [2.24, 2.45) is 0 Å². The van der Waals surface area contributed by atoms with Gasteiger partial charge in [0, 0.05) is 26.5 Å². The topological polar surface area (TPSA) is 62.2 Å². The van der Waals surface area contributed by atoms with Gasteiger partial charge in [0.25, 0.3) is 0 Å². The quantitative estimate of drug-likeness (QED) is 0.642. The predicted molar refractivity (Wildman–Crippen MR) is 105 cm³/mol. The van der Waals surface area contributed by atoms with Crippen LogP contribution in [0.2, 0.25) is 0 Å². The number of ether oxygens (including phenoxy) is 1. The van der Waals surface area contributed by atoms with E-state index in [-0.39, 0.29) is 6.42 Å². The molecule has 1 aliphatic rings. The Morgan fingerprint density at radius 1 is 1.08 bits per heavy atom. The van der Waals surface area contributed by atoms with Gasteiger partial charge in [0.1, 0.15) is 0 Å². The molecule has 1 N–H and O–H groups in total. The van der Waals surface area contributed by atoms with Crippen LogP contribution in [0, 0.1) is 0 Å². The molecule has 26 heavy (non-hydrogen) atoms. The summed E-state index contributed by atoms with van der Waals surface area (Å²) in [6.07, 6.45) is 6.02. The Bertz CT molecular complexity index is 519. The van der Waals surface area contributed by atoms with Crippen molar-refractivity contribution < 1.29 is 19.5 Å². The zero-order valence-electron chi connectivity index (χ0n) is 16.8. The number of hydrogen-bond acceptors (Lipinski definition) is 5. The maximum atomic E-state index is 9.37. The number of anilines is 2. The van der Waals surface area contributed by atoms with E-state index in [1.165, 1.54) is 24.9 Å². The molecule has 0 spiro atoms. The van der Waals surface area contributed by atoms with E-state index in [9.17, 15) is 4.79 Å². The molecule has 6 nitrogen and oxygen atoms in total. The van der Waals surface area contributed by atoms with Crippen LogP contribution in [0.4, 0.5) is 11.4 Å². The second-order valence-electron chi connectivity index (χ2n) is 6.22. The van der Waals surface area contributed by atoms with Crippen molar-refractivity contribution in [3.8, 4) is 0 Å². The molecular weight excluding hydrogens is 332 g/mol. The van der Waals surface area contributed by atoms with Gasteiger partial charge < -0.3 is 14.7 Å². The molecular formula is C20H34N2O4. The van der Waals surface area contributed by atoms with Crippen LogP contribution < -0.4 is 9.96 Å². The molecule has 0 bridgehead atoms. The normalized spacial score (nSPS) is 18.3. The Hall–Kier alpha value is -1.79. The number of rotatable bonds is 9. The summed E-state index contributed by atoms with van der Waals surface area (Å²) in [5, 5.41) is 9.65. The van der Waals surface area contributed by atoms with Gasteiger partial charge in [0.15, 0.2) is 0 Å². The smallest absolute Gasteiger partial charge is 0.303 e. The molecule has 148 valence electrons. The van der Waals surface area contributed by atoms with E-state index >= 15 is 0 Å². The molecule has 0 aromatic heterocycles.